The van der Waals surface area contributed by atoms with Gasteiger partial charge in [-0.15, -0.1) is 0 Å². The zero-order chi connectivity index (χ0) is 52.2. The van der Waals surface area contributed by atoms with Crippen LogP contribution in [-0.4, -0.2) is 178 Å². The summed E-state index contributed by atoms with van der Waals surface area (Å²) >= 11 is 0. The van der Waals surface area contributed by atoms with Gasteiger partial charge in [-0.25, -0.2) is 4.79 Å². The lowest BCUT2D eigenvalue weighted by molar-refractivity contribution is -0.365. The number of allylic oxidation sites excluding steroid dienone is 2. The van der Waals surface area contributed by atoms with Crippen LogP contribution in [0.1, 0.15) is 127 Å². The maximum atomic E-state index is 13.4. The van der Waals surface area contributed by atoms with Crippen molar-refractivity contribution in [3.8, 4) is 0 Å². The molecule has 0 radical (unpaired) electrons. The highest BCUT2D eigenvalue weighted by molar-refractivity contribution is 5.88. The first-order valence-corrected chi connectivity index (χ1v) is 26.6. The number of ketones is 1. The minimum Gasteiger partial charge on any atom is -0.458 e. The summed E-state index contributed by atoms with van der Waals surface area (Å²) in [6.45, 7) is 16.8. The normalized spacial score (nSPS) is 49.8. The molecular formula is C54H86O18. The van der Waals surface area contributed by atoms with E-state index in [1.807, 2.05) is 34.6 Å². The van der Waals surface area contributed by atoms with Crippen molar-refractivity contribution in [2.45, 2.75) is 249 Å². The average molecular weight is 1020 g/mol. The Morgan fingerprint density at radius 2 is 1.24 bits per heavy atom. The largest absolute Gasteiger partial charge is 0.458 e. The van der Waals surface area contributed by atoms with Gasteiger partial charge < -0.3 is 76.9 Å². The van der Waals surface area contributed by atoms with Crippen molar-refractivity contribution >= 4 is 11.8 Å². The van der Waals surface area contributed by atoms with Crippen LogP contribution in [-0.2, 0) is 71.2 Å². The molecule has 18 nitrogen and oxygen atoms in total. The quantitative estimate of drug-likeness (QED) is 0.109. The molecule has 0 bridgehead atoms. The Morgan fingerprint density at radius 1 is 0.667 bits per heavy atom. The number of aliphatic hydroxyl groups excluding tert-OH is 2. The van der Waals surface area contributed by atoms with E-state index in [1.165, 1.54) is 19.8 Å². The van der Waals surface area contributed by atoms with Crippen LogP contribution >= 0.6 is 0 Å². The van der Waals surface area contributed by atoms with E-state index in [0.717, 1.165) is 12.8 Å². The van der Waals surface area contributed by atoms with Crippen LogP contribution in [0.15, 0.2) is 23.3 Å². The number of hydrogen-bond acceptors (Lipinski definition) is 18. The molecule has 0 amide bonds. The fraction of sp³-hybridized carbons (Fsp3) is 0.889. The Hall–Kier alpha value is -1.98. The molecule has 72 heavy (non-hydrogen) atoms. The molecule has 0 unspecified atom stereocenters. The molecule has 0 aromatic rings. The van der Waals surface area contributed by atoms with Crippen LogP contribution in [0.5, 0.6) is 0 Å². The molecule has 8 aliphatic rings. The number of fused-ring (bicyclic) bond motifs is 5. The van der Waals surface area contributed by atoms with Crippen LogP contribution in [0.3, 0.4) is 0 Å². The molecule has 18 heteroatoms. The van der Waals surface area contributed by atoms with Gasteiger partial charge in [-0.1, -0.05) is 31.6 Å². The second-order valence-electron chi connectivity index (χ2n) is 22.6. The van der Waals surface area contributed by atoms with Crippen molar-refractivity contribution in [3.63, 3.8) is 0 Å². The summed E-state index contributed by atoms with van der Waals surface area (Å²) in [5.41, 5.74) is -0.484. The van der Waals surface area contributed by atoms with E-state index >= 15 is 0 Å². The van der Waals surface area contributed by atoms with Gasteiger partial charge in [0.15, 0.2) is 25.2 Å². The molecule has 4 saturated heterocycles. The summed E-state index contributed by atoms with van der Waals surface area (Å²) < 4.78 is 81.1. The van der Waals surface area contributed by atoms with E-state index in [2.05, 4.69) is 13.0 Å². The first-order valence-electron chi connectivity index (χ1n) is 26.6. The van der Waals surface area contributed by atoms with E-state index in [-0.39, 0.29) is 41.2 Å². The number of hydrogen-bond donors (Lipinski definition) is 3. The van der Waals surface area contributed by atoms with Crippen LogP contribution in [0.4, 0.5) is 0 Å². The van der Waals surface area contributed by atoms with E-state index in [9.17, 15) is 24.9 Å². The molecular weight excluding hydrogens is 937 g/mol. The summed E-state index contributed by atoms with van der Waals surface area (Å²) in [5.74, 6) is -0.765. The van der Waals surface area contributed by atoms with Crippen molar-refractivity contribution in [1.29, 1.82) is 0 Å². The van der Waals surface area contributed by atoms with Gasteiger partial charge >= 0.3 is 5.97 Å². The molecule has 4 heterocycles. The molecule has 4 aliphatic carbocycles. The number of Topliss-reactive ketones (excluding diaryl/α,β-unsaturated/α-hetero) is 1. The Morgan fingerprint density at radius 3 is 1.83 bits per heavy atom. The van der Waals surface area contributed by atoms with Crippen molar-refractivity contribution in [2.75, 3.05) is 28.4 Å². The second-order valence-corrected chi connectivity index (χ2v) is 22.6. The van der Waals surface area contributed by atoms with Crippen molar-refractivity contribution in [2.24, 2.45) is 28.6 Å². The lowest BCUT2D eigenvalue weighted by Gasteiger charge is -2.63. The van der Waals surface area contributed by atoms with E-state index in [0.29, 0.717) is 56.9 Å². The fourth-order valence-electron chi connectivity index (χ4n) is 14.5. The molecule has 4 aliphatic heterocycles. The Bertz CT molecular complexity index is 1950. The molecule has 0 spiro atoms. The van der Waals surface area contributed by atoms with E-state index in [1.54, 1.807) is 41.1 Å². The fourth-order valence-corrected chi connectivity index (χ4v) is 14.5. The van der Waals surface area contributed by atoms with Crippen LogP contribution in [0.2, 0.25) is 0 Å². The SMILES string of the molecule is C/C=C(\C)C(=O)O[C@@H]1C[C@H]2[C@@H](CC=C3C[C@@H](O[C@H]4C[C@H](OC)[C@H](O[C@H]5C[C@H](OC)[C@H](O[C@@H]6O[C@H](C)[C@@H](O[C@H]7C[C@@H](OC)[C@H](O)[C@@H](C)O7)[C@@H](OC)[C@H]6O)[C@@H](C)O5)[C@@H](C)O4)CC[C@@]32C)[C@@]2(O)CC[C@H](C(C)=O)[C@@]12C. The number of ether oxygens (including phenoxy) is 13. The van der Waals surface area contributed by atoms with Crippen molar-refractivity contribution < 1.29 is 86.5 Å². The van der Waals surface area contributed by atoms with Crippen LogP contribution in [0, 0.1) is 28.6 Å². The van der Waals surface area contributed by atoms with Gasteiger partial charge in [0.1, 0.15) is 48.5 Å². The van der Waals surface area contributed by atoms with Crippen LogP contribution in [0.25, 0.3) is 0 Å². The predicted molar refractivity (Wildman–Crippen MR) is 258 cm³/mol. The predicted octanol–water partition coefficient (Wildman–Crippen LogP) is 5.23. The summed E-state index contributed by atoms with van der Waals surface area (Å²) in [7, 11) is 6.29. The Labute approximate surface area is 426 Å². The van der Waals surface area contributed by atoms with Gasteiger partial charge in [0.25, 0.3) is 0 Å². The zero-order valence-electron chi connectivity index (χ0n) is 44.9. The summed E-state index contributed by atoms with van der Waals surface area (Å²) in [6, 6.07) is 0. The number of carbonyl (C=O) groups excluding carboxylic acids is 2. The third-order valence-electron chi connectivity index (χ3n) is 18.9. The molecule has 7 fully saturated rings. The smallest absolute Gasteiger partial charge is 0.333 e. The molecule has 410 valence electrons. The lowest BCUT2D eigenvalue weighted by Crippen LogP contribution is -2.66. The maximum absolute atomic E-state index is 13.4. The first kappa shape index (κ1) is 56.2. The summed E-state index contributed by atoms with van der Waals surface area (Å²) in [6.07, 6.45) is -2.07. The van der Waals surface area contributed by atoms with Gasteiger partial charge in [-0.2, -0.15) is 0 Å². The number of carbonyl (C=O) groups is 2. The number of aliphatic hydroxyl groups is 3. The summed E-state index contributed by atoms with van der Waals surface area (Å²) in [5, 5.41) is 34.9. The third kappa shape index (κ3) is 10.3. The second kappa shape index (κ2) is 22.5. The zero-order valence-corrected chi connectivity index (χ0v) is 44.9. The Balaban J connectivity index is 0.864. The van der Waals surface area contributed by atoms with Gasteiger partial charge in [0, 0.05) is 64.6 Å². The van der Waals surface area contributed by atoms with E-state index < -0.39 is 121 Å². The number of rotatable bonds is 15. The topological polar surface area (TPSA) is 215 Å². The van der Waals surface area contributed by atoms with Gasteiger partial charge in [-0.3, -0.25) is 4.79 Å². The highest BCUT2D eigenvalue weighted by atomic mass is 16.8. The molecule has 25 atom stereocenters. The Kier molecular flexibility index (Phi) is 17.6. The number of methoxy groups -OCH3 is 4. The first-order chi connectivity index (χ1) is 34.1. The lowest BCUT2D eigenvalue weighted by atomic mass is 9.45. The molecule has 0 aromatic carbocycles. The standard InChI is InChI=1S/C54H86O18/c1-14-26(2)50(58)69-40-22-36-35(54(59)20-18-34(27(3)55)53(40,54)9)16-15-32-21-33(17-19-52(32,36)8)68-41-24-38(61-11)46(29(5)65-41)70-43-25-39(62-12)47(30(6)66-43)72-51-45(57)49(63-13)48(31(7)67-51)71-42-23-37(60-10)44(56)28(4)64-42/h14-15,28-31,33-49,51,56-57,59H,16-25H2,1-13H3/b26-14+/t28-,29-,30-,31-,33+,34-,35-,36+,37-,38+,39+,40-,41+,42+,43+,44-,45-,46-,47-,48-,49+,51+,52+,53+,54+/m1/s1. The minimum atomic E-state index is -1.24. The third-order valence-corrected chi connectivity index (χ3v) is 18.9. The maximum Gasteiger partial charge on any atom is 0.333 e. The molecule has 0 aromatic heterocycles. The highest BCUT2D eigenvalue weighted by Gasteiger charge is 2.71. The average Bonchev–Trinajstić information content (AvgIpc) is 3.64. The molecule has 3 saturated carbocycles. The van der Waals surface area contributed by atoms with Gasteiger partial charge in [-0.05, 0) is 111 Å². The summed E-state index contributed by atoms with van der Waals surface area (Å²) in [4.78, 5) is 26.5. The van der Waals surface area contributed by atoms with Crippen LogP contribution < -0.4 is 0 Å². The van der Waals surface area contributed by atoms with E-state index in [4.69, 9.17) is 61.6 Å². The van der Waals surface area contributed by atoms with Gasteiger partial charge in [0.2, 0.25) is 0 Å². The monoisotopic (exact) mass is 1020 g/mol. The molecule has 8 rings (SSSR count). The number of esters is 1. The van der Waals surface area contributed by atoms with Crippen molar-refractivity contribution in [1.82, 2.24) is 0 Å². The molecule has 3 N–H and O–H groups in total. The van der Waals surface area contributed by atoms with Crippen molar-refractivity contribution in [3.05, 3.63) is 23.3 Å². The van der Waals surface area contributed by atoms with Gasteiger partial charge in [0.05, 0.1) is 54.4 Å². The minimum absolute atomic E-state index is 0.0350. The highest BCUT2D eigenvalue weighted by Crippen LogP contribution is 2.68.